The van der Waals surface area contributed by atoms with Gasteiger partial charge in [0.05, 0.1) is 18.0 Å². The highest BCUT2D eigenvalue weighted by Gasteiger charge is 2.10. The van der Waals surface area contributed by atoms with Gasteiger partial charge >= 0.3 is 0 Å². The zero-order valence-corrected chi connectivity index (χ0v) is 15.8. The molecule has 0 bridgehead atoms. The first-order valence-corrected chi connectivity index (χ1v) is 9.51. The number of nitrogens with one attached hydrogen (secondary N) is 1. The third-order valence-electron chi connectivity index (χ3n) is 4.30. The van der Waals surface area contributed by atoms with Crippen molar-refractivity contribution in [3.8, 4) is 22.8 Å². The molecule has 0 fully saturated rings. The van der Waals surface area contributed by atoms with E-state index in [2.05, 4.69) is 17.1 Å². The minimum absolute atomic E-state index is 0.399. The van der Waals surface area contributed by atoms with Crippen LogP contribution in [0.1, 0.15) is 38.3 Å². The largest absolute Gasteiger partial charge is 0.493 e. The first-order valence-electron chi connectivity index (χ1n) is 9.51. The van der Waals surface area contributed by atoms with E-state index in [9.17, 15) is 0 Å². The number of para-hydroxylation sites is 1. The molecule has 0 aliphatic heterocycles. The van der Waals surface area contributed by atoms with E-state index >= 15 is 0 Å². The average molecular weight is 365 g/mol. The Morgan fingerprint density at radius 3 is 2.70 bits per heavy atom. The molecule has 0 aliphatic carbocycles. The van der Waals surface area contributed by atoms with Crippen LogP contribution in [0, 0.1) is 0 Å². The third kappa shape index (κ3) is 5.51. The number of nitrogen functional groups attached to an aromatic ring is 1. The summed E-state index contributed by atoms with van der Waals surface area (Å²) >= 11 is 0. The van der Waals surface area contributed by atoms with Gasteiger partial charge in [0.2, 0.25) is 0 Å². The summed E-state index contributed by atoms with van der Waals surface area (Å²) < 4.78 is 11.8. The first kappa shape index (κ1) is 18.8. The van der Waals surface area contributed by atoms with E-state index in [-0.39, 0.29) is 0 Å². The van der Waals surface area contributed by atoms with Gasteiger partial charge in [-0.15, -0.1) is 0 Å². The van der Waals surface area contributed by atoms with Crippen molar-refractivity contribution in [2.75, 3.05) is 12.3 Å². The number of rotatable bonds is 10. The Balaban J connectivity index is 1.62. The predicted molar refractivity (Wildman–Crippen MR) is 109 cm³/mol. The van der Waals surface area contributed by atoms with Gasteiger partial charge in [0.25, 0.3) is 0 Å². The van der Waals surface area contributed by atoms with E-state index in [1.807, 2.05) is 48.5 Å². The standard InChI is InChI=1S/C22H27N3O2/c1-2-3-4-7-13-26-22-12-6-5-11-20(22)21-15-18(24-25-21)16-27-19-10-8-9-17(23)14-19/h5-6,8-12,14-15H,2-4,7,13,16,23H2,1H3,(H,24,25). The van der Waals surface area contributed by atoms with Crippen molar-refractivity contribution < 1.29 is 9.47 Å². The van der Waals surface area contributed by atoms with Gasteiger partial charge in [-0.2, -0.15) is 5.10 Å². The molecule has 1 aromatic heterocycles. The van der Waals surface area contributed by atoms with Gasteiger partial charge in [-0.1, -0.05) is 44.4 Å². The van der Waals surface area contributed by atoms with Crippen molar-refractivity contribution >= 4 is 5.69 Å². The molecule has 2 aromatic carbocycles. The molecular formula is C22H27N3O2. The number of unbranched alkanes of at least 4 members (excludes halogenated alkanes) is 3. The van der Waals surface area contributed by atoms with E-state index in [0.717, 1.165) is 41.5 Å². The highest BCUT2D eigenvalue weighted by Crippen LogP contribution is 2.29. The van der Waals surface area contributed by atoms with E-state index in [1.165, 1.54) is 19.3 Å². The van der Waals surface area contributed by atoms with Crippen molar-refractivity contribution in [3.05, 3.63) is 60.3 Å². The number of H-pyrrole nitrogens is 1. The van der Waals surface area contributed by atoms with Crippen LogP contribution in [-0.4, -0.2) is 16.8 Å². The van der Waals surface area contributed by atoms with Gasteiger partial charge < -0.3 is 15.2 Å². The number of ether oxygens (including phenoxy) is 2. The van der Waals surface area contributed by atoms with Gasteiger partial charge in [0, 0.05) is 17.3 Å². The Morgan fingerprint density at radius 1 is 0.963 bits per heavy atom. The Labute approximate surface area is 160 Å². The fourth-order valence-electron chi connectivity index (χ4n) is 2.85. The SMILES string of the molecule is CCCCCCOc1ccccc1-c1cc(COc2cccc(N)c2)[nH]n1. The lowest BCUT2D eigenvalue weighted by molar-refractivity contribution is 0.301. The molecule has 27 heavy (non-hydrogen) atoms. The fraction of sp³-hybridized carbons (Fsp3) is 0.318. The Morgan fingerprint density at radius 2 is 1.85 bits per heavy atom. The minimum atomic E-state index is 0.399. The summed E-state index contributed by atoms with van der Waals surface area (Å²) in [5, 5.41) is 7.46. The van der Waals surface area contributed by atoms with Crippen molar-refractivity contribution in [1.29, 1.82) is 0 Å². The molecule has 5 heteroatoms. The van der Waals surface area contributed by atoms with Gasteiger partial charge in [-0.05, 0) is 36.8 Å². The zero-order valence-electron chi connectivity index (χ0n) is 15.8. The lowest BCUT2D eigenvalue weighted by Gasteiger charge is -2.09. The molecule has 0 spiro atoms. The molecule has 0 radical (unpaired) electrons. The quantitative estimate of drug-likeness (QED) is 0.383. The van der Waals surface area contributed by atoms with Crippen molar-refractivity contribution in [1.82, 2.24) is 10.2 Å². The number of benzene rings is 2. The van der Waals surface area contributed by atoms with Crippen LogP contribution >= 0.6 is 0 Å². The molecule has 0 saturated heterocycles. The van der Waals surface area contributed by atoms with Crippen LogP contribution in [0.3, 0.4) is 0 Å². The van der Waals surface area contributed by atoms with Crippen LogP contribution in [0.15, 0.2) is 54.6 Å². The van der Waals surface area contributed by atoms with Gasteiger partial charge in [-0.25, -0.2) is 0 Å². The minimum Gasteiger partial charge on any atom is -0.493 e. The van der Waals surface area contributed by atoms with E-state index < -0.39 is 0 Å². The smallest absolute Gasteiger partial charge is 0.130 e. The summed E-state index contributed by atoms with van der Waals surface area (Å²) in [6.07, 6.45) is 4.75. The van der Waals surface area contributed by atoms with Crippen molar-refractivity contribution in [2.24, 2.45) is 0 Å². The van der Waals surface area contributed by atoms with Crippen LogP contribution in [0.5, 0.6) is 11.5 Å². The average Bonchev–Trinajstić information content (AvgIpc) is 3.15. The highest BCUT2D eigenvalue weighted by molar-refractivity contribution is 5.67. The summed E-state index contributed by atoms with van der Waals surface area (Å²) in [5.41, 5.74) is 9.19. The maximum absolute atomic E-state index is 5.99. The second kappa shape index (κ2) is 9.67. The fourth-order valence-corrected chi connectivity index (χ4v) is 2.85. The molecule has 3 rings (SSSR count). The monoisotopic (exact) mass is 365 g/mol. The Kier molecular flexibility index (Phi) is 6.74. The molecule has 1 heterocycles. The summed E-state index contributed by atoms with van der Waals surface area (Å²) in [6.45, 7) is 3.34. The molecule has 0 aliphatic rings. The van der Waals surface area contributed by atoms with Crippen LogP contribution in [0.4, 0.5) is 5.69 Å². The zero-order chi connectivity index (χ0) is 18.9. The number of aromatic nitrogens is 2. The summed E-state index contributed by atoms with van der Waals surface area (Å²) in [7, 11) is 0. The summed E-state index contributed by atoms with van der Waals surface area (Å²) in [4.78, 5) is 0. The number of hydrogen-bond acceptors (Lipinski definition) is 4. The van der Waals surface area contributed by atoms with Gasteiger partial charge in [0.15, 0.2) is 0 Å². The second-order valence-corrected chi connectivity index (χ2v) is 6.54. The predicted octanol–water partition coefficient (Wildman–Crippen LogP) is 5.20. The molecule has 142 valence electrons. The van der Waals surface area contributed by atoms with Gasteiger partial charge in [-0.3, -0.25) is 5.10 Å². The molecular weight excluding hydrogens is 338 g/mol. The molecule has 0 atom stereocenters. The van der Waals surface area contributed by atoms with E-state index in [0.29, 0.717) is 12.3 Å². The first-order chi connectivity index (χ1) is 13.3. The number of nitrogens with two attached hydrogens (primary N) is 1. The summed E-state index contributed by atoms with van der Waals surface area (Å²) in [6, 6.07) is 17.4. The number of nitrogens with zero attached hydrogens (tertiary/aromatic N) is 1. The lowest BCUT2D eigenvalue weighted by Crippen LogP contribution is -1.98. The maximum atomic E-state index is 5.99. The molecule has 0 unspecified atom stereocenters. The summed E-state index contributed by atoms with van der Waals surface area (Å²) in [5.74, 6) is 1.60. The molecule has 0 saturated carbocycles. The molecule has 0 amide bonds. The maximum Gasteiger partial charge on any atom is 0.130 e. The Hall–Kier alpha value is -2.95. The third-order valence-corrected chi connectivity index (χ3v) is 4.30. The molecule has 3 N–H and O–H groups in total. The van der Waals surface area contributed by atoms with Gasteiger partial charge in [0.1, 0.15) is 18.1 Å². The normalized spacial score (nSPS) is 10.7. The van der Waals surface area contributed by atoms with Crippen molar-refractivity contribution in [2.45, 2.75) is 39.2 Å². The van der Waals surface area contributed by atoms with Crippen LogP contribution in [-0.2, 0) is 6.61 Å². The molecule has 3 aromatic rings. The van der Waals surface area contributed by atoms with Crippen LogP contribution in [0.25, 0.3) is 11.3 Å². The number of anilines is 1. The topological polar surface area (TPSA) is 73.2 Å². The van der Waals surface area contributed by atoms with E-state index in [1.54, 1.807) is 6.07 Å². The number of hydrogen-bond donors (Lipinski definition) is 2. The lowest BCUT2D eigenvalue weighted by atomic mass is 10.1. The Bertz CT molecular complexity index is 845. The number of aromatic amines is 1. The van der Waals surface area contributed by atoms with Crippen LogP contribution in [0.2, 0.25) is 0 Å². The highest BCUT2D eigenvalue weighted by atomic mass is 16.5. The van der Waals surface area contributed by atoms with Crippen molar-refractivity contribution in [3.63, 3.8) is 0 Å². The van der Waals surface area contributed by atoms with E-state index in [4.69, 9.17) is 15.2 Å². The second-order valence-electron chi connectivity index (χ2n) is 6.54. The van der Waals surface area contributed by atoms with Crippen LogP contribution < -0.4 is 15.2 Å². The molecule has 5 nitrogen and oxygen atoms in total.